The van der Waals surface area contributed by atoms with Crippen LogP contribution in [0.5, 0.6) is 0 Å². The molecule has 0 bridgehead atoms. The van der Waals surface area contributed by atoms with Crippen molar-refractivity contribution in [2.45, 2.75) is 13.8 Å². The summed E-state index contributed by atoms with van der Waals surface area (Å²) < 4.78 is 0. The molecule has 2 amide bonds. The second-order valence-electron chi connectivity index (χ2n) is 6.25. The summed E-state index contributed by atoms with van der Waals surface area (Å²) in [5, 5.41) is 5.44. The Balaban J connectivity index is 1.72. The predicted molar refractivity (Wildman–Crippen MR) is 106 cm³/mol. The van der Waals surface area contributed by atoms with Crippen LogP contribution in [0.2, 0.25) is 0 Å². The van der Waals surface area contributed by atoms with Crippen molar-refractivity contribution in [2.24, 2.45) is 0 Å². The fourth-order valence-electron chi connectivity index (χ4n) is 2.69. The van der Waals surface area contributed by atoms with Crippen molar-refractivity contribution in [1.82, 2.24) is 9.97 Å². The van der Waals surface area contributed by atoms with Crippen molar-refractivity contribution in [3.63, 3.8) is 0 Å². The Morgan fingerprint density at radius 2 is 1.46 bits per heavy atom. The topological polar surface area (TPSA) is 124 Å². The van der Waals surface area contributed by atoms with Gasteiger partial charge in [0.1, 0.15) is 5.69 Å². The number of para-hydroxylation sites is 1. The summed E-state index contributed by atoms with van der Waals surface area (Å²) in [4.78, 5) is 51.4. The maximum Gasteiger partial charge on any atom is 0.326 e. The Labute approximate surface area is 159 Å². The molecule has 0 saturated carbocycles. The highest BCUT2D eigenvalue weighted by Crippen LogP contribution is 2.20. The monoisotopic (exact) mass is 378 g/mol. The van der Waals surface area contributed by atoms with Gasteiger partial charge in [0.15, 0.2) is 0 Å². The number of aryl methyl sites for hydroxylation is 2. The Kier molecular flexibility index (Phi) is 5.21. The summed E-state index contributed by atoms with van der Waals surface area (Å²) >= 11 is 0. The standard InChI is InChI=1S/C20H18N4O4/c1-11-4-3-5-12(2)17(11)24-18(26)13-6-8-14(9-7-13)21-19(27)15-10-16(25)23-20(28)22-15/h3-10H,1-2H3,(H,21,27)(H,24,26)(H2,22,23,25,28). The Morgan fingerprint density at radius 3 is 2.07 bits per heavy atom. The lowest BCUT2D eigenvalue weighted by Crippen LogP contribution is -2.27. The normalized spacial score (nSPS) is 10.4. The molecule has 0 aliphatic heterocycles. The number of carbonyl (C=O) groups excluding carboxylic acids is 2. The van der Waals surface area contributed by atoms with Crippen molar-refractivity contribution in [3.8, 4) is 0 Å². The van der Waals surface area contributed by atoms with E-state index in [1.165, 1.54) is 0 Å². The molecular weight excluding hydrogens is 360 g/mol. The van der Waals surface area contributed by atoms with Crippen molar-refractivity contribution in [1.29, 1.82) is 0 Å². The minimum atomic E-state index is -0.767. The van der Waals surface area contributed by atoms with Gasteiger partial charge >= 0.3 is 5.69 Å². The van der Waals surface area contributed by atoms with Gasteiger partial charge in [-0.1, -0.05) is 18.2 Å². The summed E-state index contributed by atoms with van der Waals surface area (Å²) in [7, 11) is 0. The van der Waals surface area contributed by atoms with Gasteiger partial charge in [0.05, 0.1) is 0 Å². The summed E-state index contributed by atoms with van der Waals surface area (Å²) in [5.41, 5.74) is 1.92. The zero-order valence-corrected chi connectivity index (χ0v) is 15.3. The Bertz CT molecular complexity index is 1110. The van der Waals surface area contributed by atoms with Crippen molar-refractivity contribution in [2.75, 3.05) is 10.6 Å². The van der Waals surface area contributed by atoms with E-state index in [0.29, 0.717) is 11.3 Å². The van der Waals surface area contributed by atoms with Gasteiger partial charge in [-0.3, -0.25) is 19.4 Å². The molecule has 1 aromatic heterocycles. The number of hydrogen-bond donors (Lipinski definition) is 4. The van der Waals surface area contributed by atoms with Crippen LogP contribution in [0.4, 0.5) is 11.4 Å². The highest BCUT2D eigenvalue weighted by atomic mass is 16.2. The number of H-pyrrole nitrogens is 2. The summed E-state index contributed by atoms with van der Waals surface area (Å²) in [6.07, 6.45) is 0. The predicted octanol–water partition coefficient (Wildman–Crippen LogP) is 2.18. The highest BCUT2D eigenvalue weighted by molar-refractivity contribution is 6.06. The number of amides is 2. The number of aromatic amines is 2. The van der Waals surface area contributed by atoms with E-state index in [4.69, 9.17) is 0 Å². The van der Waals surface area contributed by atoms with E-state index in [2.05, 4.69) is 15.6 Å². The van der Waals surface area contributed by atoms with Crippen LogP contribution in [0.25, 0.3) is 0 Å². The van der Waals surface area contributed by atoms with Crippen LogP contribution in [-0.4, -0.2) is 21.8 Å². The first-order valence-electron chi connectivity index (χ1n) is 8.46. The molecule has 0 aliphatic rings. The first-order valence-corrected chi connectivity index (χ1v) is 8.46. The van der Waals surface area contributed by atoms with Gasteiger partial charge in [-0.15, -0.1) is 0 Å². The first-order chi connectivity index (χ1) is 13.3. The smallest absolute Gasteiger partial charge is 0.322 e. The van der Waals surface area contributed by atoms with Crippen LogP contribution in [0.3, 0.4) is 0 Å². The Hall–Kier alpha value is -3.94. The van der Waals surface area contributed by atoms with Gasteiger partial charge in [0.2, 0.25) is 0 Å². The molecule has 1 heterocycles. The fraction of sp³-hybridized carbons (Fsp3) is 0.100. The van der Waals surface area contributed by atoms with Crippen LogP contribution in [0, 0.1) is 13.8 Å². The molecule has 28 heavy (non-hydrogen) atoms. The lowest BCUT2D eigenvalue weighted by molar-refractivity contribution is 0.101. The SMILES string of the molecule is Cc1cccc(C)c1NC(=O)c1ccc(NC(=O)c2cc(=O)[nH]c(=O)[nH]2)cc1. The number of rotatable bonds is 4. The molecule has 0 atom stereocenters. The van der Waals surface area contributed by atoms with E-state index in [1.807, 2.05) is 37.0 Å². The molecule has 0 fully saturated rings. The lowest BCUT2D eigenvalue weighted by Gasteiger charge is -2.12. The molecule has 4 N–H and O–H groups in total. The van der Waals surface area contributed by atoms with E-state index in [9.17, 15) is 19.2 Å². The second-order valence-corrected chi connectivity index (χ2v) is 6.25. The van der Waals surface area contributed by atoms with Gasteiger partial charge in [0, 0.05) is 23.0 Å². The van der Waals surface area contributed by atoms with Crippen LogP contribution in [0.15, 0.2) is 58.1 Å². The number of hydrogen-bond acceptors (Lipinski definition) is 4. The molecule has 2 aromatic carbocycles. The molecule has 0 aliphatic carbocycles. The number of carbonyl (C=O) groups is 2. The molecule has 0 radical (unpaired) electrons. The van der Waals surface area contributed by atoms with E-state index >= 15 is 0 Å². The fourth-order valence-corrected chi connectivity index (χ4v) is 2.69. The molecule has 3 aromatic rings. The second kappa shape index (κ2) is 7.75. The molecule has 0 unspecified atom stereocenters. The van der Waals surface area contributed by atoms with Crippen molar-refractivity contribution >= 4 is 23.2 Å². The average molecular weight is 378 g/mol. The molecule has 142 valence electrons. The maximum atomic E-state index is 12.5. The van der Waals surface area contributed by atoms with Crippen molar-refractivity contribution in [3.05, 3.63) is 91.8 Å². The third-order valence-corrected chi connectivity index (χ3v) is 4.13. The average Bonchev–Trinajstić information content (AvgIpc) is 2.64. The lowest BCUT2D eigenvalue weighted by atomic mass is 10.1. The molecule has 0 spiro atoms. The zero-order chi connectivity index (χ0) is 20.3. The van der Waals surface area contributed by atoms with Gasteiger partial charge in [-0.25, -0.2) is 4.79 Å². The molecule has 8 nitrogen and oxygen atoms in total. The quantitative estimate of drug-likeness (QED) is 0.555. The first kappa shape index (κ1) is 18.8. The van der Waals surface area contributed by atoms with Gasteiger partial charge in [0.25, 0.3) is 17.4 Å². The van der Waals surface area contributed by atoms with E-state index in [1.54, 1.807) is 24.3 Å². The van der Waals surface area contributed by atoms with Crippen LogP contribution >= 0.6 is 0 Å². The third kappa shape index (κ3) is 4.24. The van der Waals surface area contributed by atoms with E-state index in [0.717, 1.165) is 22.9 Å². The van der Waals surface area contributed by atoms with Crippen LogP contribution < -0.4 is 21.9 Å². The minimum absolute atomic E-state index is 0.161. The number of nitrogens with one attached hydrogen (secondary N) is 4. The molecule has 0 saturated heterocycles. The van der Waals surface area contributed by atoms with Gasteiger partial charge in [-0.05, 0) is 49.2 Å². The van der Waals surface area contributed by atoms with Crippen molar-refractivity contribution < 1.29 is 9.59 Å². The number of anilines is 2. The Morgan fingerprint density at radius 1 is 0.821 bits per heavy atom. The maximum absolute atomic E-state index is 12.5. The largest absolute Gasteiger partial charge is 0.326 e. The zero-order valence-electron chi connectivity index (χ0n) is 15.3. The molecule has 3 rings (SSSR count). The van der Waals surface area contributed by atoms with Gasteiger partial charge in [-0.2, -0.15) is 0 Å². The van der Waals surface area contributed by atoms with Crippen LogP contribution in [0.1, 0.15) is 32.0 Å². The summed E-state index contributed by atoms with van der Waals surface area (Å²) in [5.74, 6) is -0.912. The van der Waals surface area contributed by atoms with Gasteiger partial charge < -0.3 is 15.6 Å². The number of aromatic nitrogens is 2. The minimum Gasteiger partial charge on any atom is -0.322 e. The summed E-state index contributed by atoms with van der Waals surface area (Å²) in [6.45, 7) is 3.83. The van der Waals surface area contributed by atoms with E-state index in [-0.39, 0.29) is 11.6 Å². The van der Waals surface area contributed by atoms with Crippen LogP contribution in [-0.2, 0) is 0 Å². The molecular formula is C20H18N4O4. The highest BCUT2D eigenvalue weighted by Gasteiger charge is 2.11. The number of benzene rings is 2. The molecule has 8 heteroatoms. The summed E-state index contributed by atoms with van der Waals surface area (Å²) in [6, 6.07) is 13.0. The van der Waals surface area contributed by atoms with E-state index < -0.39 is 17.2 Å². The third-order valence-electron chi connectivity index (χ3n) is 4.13.